The molecule has 1 aliphatic heterocycles. The summed E-state index contributed by atoms with van der Waals surface area (Å²) in [6.07, 6.45) is 1.53. The first-order valence-electron chi connectivity index (χ1n) is 9.29. The number of nitrogens with one attached hydrogen (secondary N) is 4. The minimum absolute atomic E-state index is 0.221. The van der Waals surface area contributed by atoms with E-state index in [1.54, 1.807) is 6.92 Å². The molecule has 6 N–H and O–H groups in total. The molecule has 160 valence electrons. The number of carbonyl (C=O) groups excluding carboxylic acids is 4. The molecule has 0 spiro atoms. The van der Waals surface area contributed by atoms with E-state index in [2.05, 4.69) is 21.3 Å². The summed E-state index contributed by atoms with van der Waals surface area (Å²) in [5, 5.41) is 9.79. The summed E-state index contributed by atoms with van der Waals surface area (Å²) in [5.41, 5.74) is 0. The van der Waals surface area contributed by atoms with Crippen molar-refractivity contribution in [3.63, 3.8) is 0 Å². The zero-order valence-corrected chi connectivity index (χ0v) is 17.0. The lowest BCUT2D eigenvalue weighted by Crippen LogP contribution is -2.55. The Morgan fingerprint density at radius 2 is 1.68 bits per heavy atom. The van der Waals surface area contributed by atoms with E-state index >= 15 is 0 Å². The summed E-state index contributed by atoms with van der Waals surface area (Å²) in [4.78, 5) is 66.0. The molecule has 0 aliphatic carbocycles. The van der Waals surface area contributed by atoms with Gasteiger partial charge in [-0.25, -0.2) is 0 Å². The number of amides is 4. The monoisotopic (exact) mass is 420 g/mol. The van der Waals surface area contributed by atoms with E-state index < -0.39 is 49.7 Å². The predicted molar refractivity (Wildman–Crippen MR) is 99.9 cm³/mol. The van der Waals surface area contributed by atoms with E-state index in [9.17, 15) is 23.7 Å². The summed E-state index contributed by atoms with van der Waals surface area (Å²) in [6.45, 7) is 3.63. The Morgan fingerprint density at radius 1 is 1.11 bits per heavy atom. The molecule has 0 aromatic rings. The molecule has 1 heterocycles. The van der Waals surface area contributed by atoms with Gasteiger partial charge in [-0.05, 0) is 19.3 Å². The van der Waals surface area contributed by atoms with Crippen molar-refractivity contribution in [3.05, 3.63) is 0 Å². The minimum Gasteiger partial charge on any atom is -0.344 e. The quantitative estimate of drug-likeness (QED) is 0.235. The van der Waals surface area contributed by atoms with Crippen molar-refractivity contribution >= 4 is 31.2 Å². The van der Waals surface area contributed by atoms with Crippen molar-refractivity contribution < 1.29 is 33.5 Å². The van der Waals surface area contributed by atoms with Gasteiger partial charge in [0.2, 0.25) is 23.6 Å². The van der Waals surface area contributed by atoms with Crippen LogP contribution in [-0.4, -0.2) is 57.8 Å². The molecule has 28 heavy (non-hydrogen) atoms. The van der Waals surface area contributed by atoms with Gasteiger partial charge in [0, 0.05) is 6.42 Å². The number of carbonyl (C=O) groups is 4. The van der Waals surface area contributed by atoms with Gasteiger partial charge in [0.1, 0.15) is 24.4 Å². The Labute approximate surface area is 163 Å². The van der Waals surface area contributed by atoms with Crippen LogP contribution in [0, 0.1) is 0 Å². The van der Waals surface area contributed by atoms with Crippen LogP contribution in [-0.2, 0) is 23.7 Å². The summed E-state index contributed by atoms with van der Waals surface area (Å²) in [5.74, 6) is -1.95. The van der Waals surface area contributed by atoms with E-state index in [1.807, 2.05) is 6.92 Å². The predicted octanol–water partition coefficient (Wildman–Crippen LogP) is -0.914. The fourth-order valence-corrected chi connectivity index (χ4v) is 3.14. The average Bonchev–Trinajstić information content (AvgIpc) is 3.04. The van der Waals surface area contributed by atoms with Crippen LogP contribution in [0.4, 0.5) is 0 Å². The third-order valence-corrected chi connectivity index (χ3v) is 4.76. The van der Waals surface area contributed by atoms with Gasteiger partial charge in [-0.1, -0.05) is 26.7 Å². The Balaban J connectivity index is 2.71. The van der Waals surface area contributed by atoms with E-state index in [0.29, 0.717) is 25.7 Å². The van der Waals surface area contributed by atoms with Crippen LogP contribution in [0.1, 0.15) is 52.4 Å². The van der Waals surface area contributed by atoms with Gasteiger partial charge < -0.3 is 31.1 Å². The smallest absolute Gasteiger partial charge is 0.344 e. The molecule has 12 heteroatoms. The first-order chi connectivity index (χ1) is 13.1. The maximum Gasteiger partial charge on any atom is 0.344 e. The topological polar surface area (TPSA) is 174 Å². The van der Waals surface area contributed by atoms with Gasteiger partial charge in [0.05, 0.1) is 0 Å². The van der Waals surface area contributed by atoms with Crippen molar-refractivity contribution in [2.45, 2.75) is 70.5 Å². The highest BCUT2D eigenvalue weighted by Crippen LogP contribution is 2.31. The van der Waals surface area contributed by atoms with Gasteiger partial charge in [0.15, 0.2) is 0 Å². The second-order valence-electron chi connectivity index (χ2n) is 6.72. The van der Waals surface area contributed by atoms with Crippen LogP contribution in [0.25, 0.3) is 0 Å². The van der Waals surface area contributed by atoms with E-state index in [0.717, 1.165) is 0 Å². The van der Waals surface area contributed by atoms with E-state index in [1.165, 1.54) is 0 Å². The van der Waals surface area contributed by atoms with Crippen LogP contribution in [0.5, 0.6) is 0 Å². The summed E-state index contributed by atoms with van der Waals surface area (Å²) < 4.78 is 10.9. The average molecular weight is 420 g/mol. The van der Waals surface area contributed by atoms with Crippen LogP contribution < -0.4 is 21.3 Å². The highest BCUT2D eigenvalue weighted by atomic mass is 31.2. The summed E-state index contributed by atoms with van der Waals surface area (Å²) in [6, 6.07) is -2.55. The molecule has 0 aromatic heterocycles. The molecule has 0 radical (unpaired) electrons. The Kier molecular flexibility index (Phi) is 9.57. The maximum atomic E-state index is 12.6. The van der Waals surface area contributed by atoms with Gasteiger partial charge in [-0.15, -0.1) is 0 Å². The molecular formula is C16H29N4O7P. The fourth-order valence-electron chi connectivity index (χ4n) is 2.77. The van der Waals surface area contributed by atoms with Crippen molar-refractivity contribution in [3.8, 4) is 0 Å². The van der Waals surface area contributed by atoms with Gasteiger partial charge in [-0.2, -0.15) is 0 Å². The van der Waals surface area contributed by atoms with Crippen LogP contribution in [0.15, 0.2) is 0 Å². The molecule has 1 saturated heterocycles. The first kappa shape index (κ1) is 24.1. The molecular weight excluding hydrogens is 391 g/mol. The molecule has 3 atom stereocenters. The minimum atomic E-state index is -4.41. The van der Waals surface area contributed by atoms with Gasteiger partial charge in [-0.3, -0.25) is 23.7 Å². The number of hydrogen-bond donors (Lipinski definition) is 6. The molecule has 0 aromatic carbocycles. The molecule has 1 fully saturated rings. The lowest BCUT2D eigenvalue weighted by molar-refractivity contribution is -0.133. The van der Waals surface area contributed by atoms with Gasteiger partial charge >= 0.3 is 7.60 Å². The van der Waals surface area contributed by atoms with Crippen LogP contribution >= 0.6 is 7.60 Å². The standard InChI is InChI=1S/C16H29N4O7P/c1-3-5-10(14(22)17-9-28(25,26)27)19-15(23)11(6-4-2)20-16(24)12-7-8-13(21)18-12/h10-12H,3-9H2,1-2H3,(H,17,22)(H,18,21)(H,19,23)(H,20,24)(H2,25,26,27)/t10-,11-,12-/m0/s1. The molecule has 11 nitrogen and oxygen atoms in total. The maximum absolute atomic E-state index is 12.6. The fraction of sp³-hybridized carbons (Fsp3) is 0.750. The molecule has 0 unspecified atom stereocenters. The normalized spacial score (nSPS) is 18.7. The molecule has 1 rings (SSSR count). The second kappa shape index (κ2) is 11.1. The lowest BCUT2D eigenvalue weighted by atomic mass is 10.1. The Morgan fingerprint density at radius 3 is 2.14 bits per heavy atom. The zero-order valence-electron chi connectivity index (χ0n) is 16.1. The second-order valence-corrected chi connectivity index (χ2v) is 8.37. The Hall–Kier alpha value is -1.97. The van der Waals surface area contributed by atoms with Crippen molar-refractivity contribution in [1.82, 2.24) is 21.3 Å². The zero-order chi connectivity index (χ0) is 21.3. The van der Waals surface area contributed by atoms with Crippen molar-refractivity contribution in [2.75, 3.05) is 6.29 Å². The van der Waals surface area contributed by atoms with Crippen LogP contribution in [0.2, 0.25) is 0 Å². The third kappa shape index (κ3) is 8.37. The highest BCUT2D eigenvalue weighted by Gasteiger charge is 2.31. The Bertz CT molecular complexity index is 636. The molecule has 0 bridgehead atoms. The third-order valence-electron chi connectivity index (χ3n) is 4.19. The van der Waals surface area contributed by atoms with Crippen molar-refractivity contribution in [2.24, 2.45) is 0 Å². The lowest BCUT2D eigenvalue weighted by Gasteiger charge is -2.23. The van der Waals surface area contributed by atoms with Gasteiger partial charge in [0.25, 0.3) is 0 Å². The highest BCUT2D eigenvalue weighted by molar-refractivity contribution is 7.51. The molecule has 1 aliphatic rings. The van der Waals surface area contributed by atoms with Crippen molar-refractivity contribution in [1.29, 1.82) is 0 Å². The largest absolute Gasteiger partial charge is 0.344 e. The number of hydrogen-bond acceptors (Lipinski definition) is 5. The van der Waals surface area contributed by atoms with E-state index in [4.69, 9.17) is 9.79 Å². The molecule has 4 amide bonds. The summed E-state index contributed by atoms with van der Waals surface area (Å²) in [7, 11) is -4.41. The number of rotatable bonds is 11. The van der Waals surface area contributed by atoms with E-state index in [-0.39, 0.29) is 18.7 Å². The van der Waals surface area contributed by atoms with Crippen LogP contribution in [0.3, 0.4) is 0 Å². The summed E-state index contributed by atoms with van der Waals surface area (Å²) >= 11 is 0. The SMILES string of the molecule is CCC[C@H](NC(=O)[C@H](CCC)NC(=O)[C@@H]1CCC(=O)N1)C(=O)NCP(=O)(O)O. The first-order valence-corrected chi connectivity index (χ1v) is 11.1. The molecule has 0 saturated carbocycles.